The molecular weight excluding hydrogens is 266 g/mol. The maximum absolute atomic E-state index is 4.47. The Morgan fingerprint density at radius 2 is 2.25 bits per heavy atom. The molecule has 1 aromatic carbocycles. The lowest BCUT2D eigenvalue weighted by molar-refractivity contribution is 0.581. The molecular formula is C16H21N3S. The van der Waals surface area contributed by atoms with Crippen molar-refractivity contribution < 1.29 is 0 Å². The highest BCUT2D eigenvalue weighted by Gasteiger charge is 2.21. The minimum Gasteiger partial charge on any atom is -0.336 e. The van der Waals surface area contributed by atoms with Gasteiger partial charge in [-0.3, -0.25) is 0 Å². The number of nitrogens with zero attached hydrogens (tertiary/aromatic N) is 2. The molecule has 1 N–H and O–H groups in total. The summed E-state index contributed by atoms with van der Waals surface area (Å²) in [6, 6.07) is 9.23. The van der Waals surface area contributed by atoms with Gasteiger partial charge in [0.1, 0.15) is 0 Å². The van der Waals surface area contributed by atoms with Gasteiger partial charge in [-0.25, -0.2) is 4.98 Å². The minimum absolute atomic E-state index is 0.500. The normalized spacial score (nSPS) is 17.6. The topological polar surface area (TPSA) is 29.9 Å². The number of benzene rings is 1. The van der Waals surface area contributed by atoms with Crippen molar-refractivity contribution in [3.05, 3.63) is 48.0 Å². The van der Waals surface area contributed by atoms with Gasteiger partial charge >= 0.3 is 0 Å². The molecule has 1 aliphatic rings. The molecule has 0 fully saturated rings. The summed E-state index contributed by atoms with van der Waals surface area (Å²) >= 11 is 1.99. The van der Waals surface area contributed by atoms with E-state index in [4.69, 9.17) is 0 Å². The van der Waals surface area contributed by atoms with Gasteiger partial charge in [-0.15, -0.1) is 11.8 Å². The van der Waals surface area contributed by atoms with Gasteiger partial charge in [0, 0.05) is 35.5 Å². The van der Waals surface area contributed by atoms with Gasteiger partial charge in [0.15, 0.2) is 0 Å². The van der Waals surface area contributed by atoms with Crippen molar-refractivity contribution in [1.29, 1.82) is 0 Å². The van der Waals surface area contributed by atoms with E-state index < -0.39 is 0 Å². The maximum Gasteiger partial charge on any atom is 0.0950 e. The Morgan fingerprint density at radius 3 is 3.05 bits per heavy atom. The van der Waals surface area contributed by atoms with Crippen LogP contribution in [0.5, 0.6) is 0 Å². The molecule has 0 saturated heterocycles. The summed E-state index contributed by atoms with van der Waals surface area (Å²) < 4.78 is 2.22. The number of imidazole rings is 1. The molecule has 1 aromatic heterocycles. The van der Waals surface area contributed by atoms with Crippen LogP contribution in [0.3, 0.4) is 0 Å². The van der Waals surface area contributed by atoms with Gasteiger partial charge in [0.05, 0.1) is 12.0 Å². The fourth-order valence-corrected chi connectivity index (χ4v) is 3.83. The molecule has 0 spiro atoms. The quantitative estimate of drug-likeness (QED) is 0.916. The molecule has 2 aromatic rings. The van der Waals surface area contributed by atoms with E-state index in [9.17, 15) is 0 Å². The molecule has 1 aliphatic heterocycles. The van der Waals surface area contributed by atoms with Crippen LogP contribution in [0, 0.1) is 0 Å². The second-order valence-electron chi connectivity index (χ2n) is 5.65. The molecule has 0 aliphatic carbocycles. The van der Waals surface area contributed by atoms with Crippen molar-refractivity contribution in [2.75, 3.05) is 0 Å². The Bertz CT molecular complexity index is 552. The van der Waals surface area contributed by atoms with Crippen LogP contribution in [-0.2, 0) is 19.5 Å². The number of hydrogen-bond donors (Lipinski definition) is 1. The summed E-state index contributed by atoms with van der Waals surface area (Å²) in [5, 5.41) is 4.03. The second-order valence-corrected chi connectivity index (χ2v) is 6.99. The zero-order valence-corrected chi connectivity index (χ0v) is 12.9. The first-order chi connectivity index (χ1) is 9.70. The summed E-state index contributed by atoms with van der Waals surface area (Å²) in [6.45, 7) is 6.20. The van der Waals surface area contributed by atoms with E-state index in [0.717, 1.165) is 18.8 Å². The van der Waals surface area contributed by atoms with E-state index >= 15 is 0 Å². The minimum atomic E-state index is 0.500. The highest BCUT2D eigenvalue weighted by atomic mass is 32.2. The lowest BCUT2D eigenvalue weighted by atomic mass is 10.1. The van der Waals surface area contributed by atoms with Crippen molar-refractivity contribution in [1.82, 2.24) is 14.9 Å². The van der Waals surface area contributed by atoms with Crippen molar-refractivity contribution in [3.8, 4) is 0 Å². The van der Waals surface area contributed by atoms with Crippen LogP contribution in [0.1, 0.15) is 25.1 Å². The molecule has 0 radical (unpaired) electrons. The molecule has 3 nitrogen and oxygen atoms in total. The molecule has 0 saturated carbocycles. The number of aromatic nitrogens is 2. The third-order valence-corrected chi connectivity index (χ3v) is 4.81. The van der Waals surface area contributed by atoms with Gasteiger partial charge in [0.25, 0.3) is 0 Å². The van der Waals surface area contributed by atoms with Crippen LogP contribution in [0.25, 0.3) is 0 Å². The Hall–Kier alpha value is -1.26. The van der Waals surface area contributed by atoms with Crippen LogP contribution in [-0.4, -0.2) is 20.8 Å². The average Bonchev–Trinajstić information content (AvgIpc) is 3.02. The maximum atomic E-state index is 4.47. The molecule has 4 heteroatoms. The standard InChI is InChI=1S/C16H21N3S/c1-12(2)17-8-14-9-19(11-18-14)10-15-7-13-5-3-4-6-16(13)20-15/h3-6,9,11-12,15,17H,7-8,10H2,1-2H3. The van der Waals surface area contributed by atoms with Gasteiger partial charge in [0.2, 0.25) is 0 Å². The van der Waals surface area contributed by atoms with Crippen LogP contribution < -0.4 is 5.32 Å². The summed E-state index contributed by atoms with van der Waals surface area (Å²) in [7, 11) is 0. The van der Waals surface area contributed by atoms with Gasteiger partial charge in [-0.1, -0.05) is 32.0 Å². The van der Waals surface area contributed by atoms with E-state index in [0.29, 0.717) is 11.3 Å². The number of rotatable bonds is 5. The summed E-state index contributed by atoms with van der Waals surface area (Å²) in [4.78, 5) is 5.91. The monoisotopic (exact) mass is 287 g/mol. The third-order valence-electron chi connectivity index (χ3n) is 3.51. The van der Waals surface area contributed by atoms with E-state index in [-0.39, 0.29) is 0 Å². The molecule has 20 heavy (non-hydrogen) atoms. The highest BCUT2D eigenvalue weighted by molar-refractivity contribution is 8.00. The summed E-state index contributed by atoms with van der Waals surface area (Å²) in [6.07, 6.45) is 5.29. The molecule has 106 valence electrons. The highest BCUT2D eigenvalue weighted by Crippen LogP contribution is 2.37. The lowest BCUT2D eigenvalue weighted by Crippen LogP contribution is -2.22. The number of thioether (sulfide) groups is 1. The van der Waals surface area contributed by atoms with Gasteiger partial charge in [-0.2, -0.15) is 0 Å². The van der Waals surface area contributed by atoms with Crippen molar-refractivity contribution >= 4 is 11.8 Å². The van der Waals surface area contributed by atoms with Crippen LogP contribution in [0.4, 0.5) is 0 Å². The van der Waals surface area contributed by atoms with Crippen LogP contribution in [0.2, 0.25) is 0 Å². The van der Waals surface area contributed by atoms with Gasteiger partial charge in [-0.05, 0) is 18.1 Å². The molecule has 3 rings (SSSR count). The van der Waals surface area contributed by atoms with Crippen molar-refractivity contribution in [2.45, 2.75) is 49.5 Å². The predicted molar refractivity (Wildman–Crippen MR) is 84.0 cm³/mol. The number of fused-ring (bicyclic) bond motifs is 1. The zero-order chi connectivity index (χ0) is 13.9. The smallest absolute Gasteiger partial charge is 0.0950 e. The second kappa shape index (κ2) is 6.02. The fraction of sp³-hybridized carbons (Fsp3) is 0.438. The van der Waals surface area contributed by atoms with Crippen LogP contribution in [0.15, 0.2) is 41.7 Å². The Labute approximate surface area is 124 Å². The first-order valence-corrected chi connectivity index (χ1v) is 8.07. The Kier molecular flexibility index (Phi) is 4.13. The zero-order valence-electron chi connectivity index (χ0n) is 12.0. The van der Waals surface area contributed by atoms with Crippen molar-refractivity contribution in [2.24, 2.45) is 0 Å². The largest absolute Gasteiger partial charge is 0.336 e. The number of hydrogen-bond acceptors (Lipinski definition) is 3. The van der Waals surface area contributed by atoms with Gasteiger partial charge < -0.3 is 9.88 Å². The van der Waals surface area contributed by atoms with E-state index in [1.165, 1.54) is 16.9 Å². The SMILES string of the molecule is CC(C)NCc1cn(CC2Cc3ccccc3S2)cn1. The molecule has 1 atom stereocenters. The Balaban J connectivity index is 1.57. The summed E-state index contributed by atoms with van der Waals surface area (Å²) in [5.41, 5.74) is 2.61. The first-order valence-electron chi connectivity index (χ1n) is 7.19. The Morgan fingerprint density at radius 1 is 1.40 bits per heavy atom. The molecule has 2 heterocycles. The fourth-order valence-electron chi connectivity index (χ4n) is 2.50. The van der Waals surface area contributed by atoms with E-state index in [1.807, 2.05) is 18.1 Å². The molecule has 0 amide bonds. The van der Waals surface area contributed by atoms with Crippen molar-refractivity contribution in [3.63, 3.8) is 0 Å². The predicted octanol–water partition coefficient (Wildman–Crippen LogP) is 3.10. The first kappa shape index (κ1) is 13.7. The third kappa shape index (κ3) is 3.25. The molecule has 0 bridgehead atoms. The molecule has 1 unspecified atom stereocenters. The summed E-state index contributed by atoms with van der Waals surface area (Å²) in [5.74, 6) is 0. The van der Waals surface area contributed by atoms with E-state index in [1.54, 1.807) is 0 Å². The number of nitrogens with one attached hydrogen (secondary N) is 1. The average molecular weight is 287 g/mol. The van der Waals surface area contributed by atoms with E-state index in [2.05, 4.69) is 59.2 Å². The lowest BCUT2D eigenvalue weighted by Gasteiger charge is -2.09. The van der Waals surface area contributed by atoms with Crippen LogP contribution >= 0.6 is 11.8 Å².